The Morgan fingerprint density at radius 2 is 1.97 bits per heavy atom. The summed E-state index contributed by atoms with van der Waals surface area (Å²) in [6.07, 6.45) is 0.918. The summed E-state index contributed by atoms with van der Waals surface area (Å²) >= 11 is 0. The molecule has 1 N–H and O–H groups in total. The first-order valence-electron chi connectivity index (χ1n) is 10.4. The molecule has 160 valence electrons. The van der Waals surface area contributed by atoms with Gasteiger partial charge in [-0.05, 0) is 56.5 Å². The molecule has 0 fully saturated rings. The summed E-state index contributed by atoms with van der Waals surface area (Å²) < 4.78 is 13.3. The van der Waals surface area contributed by atoms with Gasteiger partial charge in [-0.15, -0.1) is 0 Å². The molecule has 2 aromatic carbocycles. The van der Waals surface area contributed by atoms with Crippen LogP contribution in [0.3, 0.4) is 0 Å². The molecule has 1 amide bonds. The summed E-state index contributed by atoms with van der Waals surface area (Å²) in [5.74, 6) is 1.45. The number of aromatic nitrogens is 3. The number of anilines is 1. The molecule has 0 aliphatic heterocycles. The molecule has 0 saturated heterocycles. The highest BCUT2D eigenvalue weighted by atomic mass is 16.5. The smallest absolute Gasteiger partial charge is 0.280 e. The van der Waals surface area contributed by atoms with Crippen LogP contribution in [0.5, 0.6) is 5.75 Å². The van der Waals surface area contributed by atoms with Crippen molar-refractivity contribution in [2.24, 2.45) is 0 Å². The quantitative estimate of drug-likeness (QED) is 0.447. The Bertz CT molecular complexity index is 1240. The van der Waals surface area contributed by atoms with Crippen molar-refractivity contribution in [3.05, 3.63) is 70.6 Å². The number of imidazole rings is 1. The van der Waals surface area contributed by atoms with Crippen LogP contribution >= 0.6 is 0 Å². The number of aryl methyl sites for hydroxylation is 4. The van der Waals surface area contributed by atoms with Gasteiger partial charge in [0.25, 0.3) is 5.91 Å². The number of nitrogens with zero attached hydrogens (tertiary/aromatic N) is 3. The van der Waals surface area contributed by atoms with E-state index in [9.17, 15) is 4.79 Å². The Labute approximate surface area is 181 Å². The molecule has 0 radical (unpaired) electrons. The van der Waals surface area contributed by atoms with Crippen LogP contribution in [0.4, 0.5) is 5.95 Å². The molecule has 7 nitrogen and oxygen atoms in total. The fourth-order valence-corrected chi connectivity index (χ4v) is 3.53. The van der Waals surface area contributed by atoms with Crippen molar-refractivity contribution in [3.63, 3.8) is 0 Å². The monoisotopic (exact) mass is 418 g/mol. The zero-order chi connectivity index (χ0) is 22.0. The molecule has 2 heterocycles. The normalized spacial score (nSPS) is 11.1. The highest BCUT2D eigenvalue weighted by Gasteiger charge is 2.23. The number of carbonyl (C=O) groups excluding carboxylic acids is 1. The third-order valence-electron chi connectivity index (χ3n) is 5.24. The number of carbonyl (C=O) groups is 1. The van der Waals surface area contributed by atoms with E-state index in [1.807, 2.05) is 60.9 Å². The molecule has 31 heavy (non-hydrogen) atoms. The Morgan fingerprint density at radius 3 is 2.77 bits per heavy atom. The van der Waals surface area contributed by atoms with Gasteiger partial charge < -0.3 is 13.8 Å². The predicted octanol–water partition coefficient (Wildman–Crippen LogP) is 5.19. The molecule has 0 aliphatic carbocycles. The molecule has 4 rings (SSSR count). The van der Waals surface area contributed by atoms with Crippen molar-refractivity contribution >= 4 is 22.9 Å². The molecule has 0 unspecified atom stereocenters. The standard InChI is InChI=1S/C24H26N4O3/c1-5-12-28-20-9-7-6-8-19(20)25-24(28)26-23(29)22-18(17(4)31-27-22)14-30-21-13-15(2)10-11-16(21)3/h6-11,13H,5,12,14H2,1-4H3,(H,25,26,29). The number of hydrogen-bond donors (Lipinski definition) is 1. The third-order valence-corrected chi connectivity index (χ3v) is 5.24. The fraction of sp³-hybridized carbons (Fsp3) is 0.292. The average Bonchev–Trinajstić information content (AvgIpc) is 3.29. The lowest BCUT2D eigenvalue weighted by molar-refractivity contribution is 0.101. The van der Waals surface area contributed by atoms with Crippen molar-refractivity contribution in [1.29, 1.82) is 0 Å². The summed E-state index contributed by atoms with van der Waals surface area (Å²) in [4.78, 5) is 17.7. The Kier molecular flexibility index (Phi) is 5.75. The second-order valence-electron chi connectivity index (χ2n) is 7.65. The van der Waals surface area contributed by atoms with Crippen molar-refractivity contribution in [2.45, 2.75) is 47.3 Å². The Hall–Kier alpha value is -3.61. The first kappa shape index (κ1) is 20.7. The third kappa shape index (κ3) is 4.17. The van der Waals surface area contributed by atoms with Crippen LogP contribution < -0.4 is 10.1 Å². The van der Waals surface area contributed by atoms with Crippen LogP contribution in [0.2, 0.25) is 0 Å². The van der Waals surface area contributed by atoms with Crippen LogP contribution in [0.25, 0.3) is 11.0 Å². The van der Waals surface area contributed by atoms with E-state index in [0.29, 0.717) is 17.3 Å². The van der Waals surface area contributed by atoms with Gasteiger partial charge in [-0.25, -0.2) is 4.98 Å². The summed E-state index contributed by atoms with van der Waals surface area (Å²) in [5, 5.41) is 6.90. The SMILES string of the molecule is CCCn1c(NC(=O)c2noc(C)c2COc2cc(C)ccc2C)nc2ccccc21. The summed E-state index contributed by atoms with van der Waals surface area (Å²) in [7, 11) is 0. The van der Waals surface area contributed by atoms with Gasteiger partial charge in [0, 0.05) is 6.54 Å². The highest BCUT2D eigenvalue weighted by molar-refractivity contribution is 6.03. The van der Waals surface area contributed by atoms with E-state index in [1.54, 1.807) is 6.92 Å². The van der Waals surface area contributed by atoms with Crippen molar-refractivity contribution in [3.8, 4) is 5.75 Å². The Morgan fingerprint density at radius 1 is 1.16 bits per heavy atom. The number of fused-ring (bicyclic) bond motifs is 1. The topological polar surface area (TPSA) is 82.2 Å². The van der Waals surface area contributed by atoms with E-state index in [-0.39, 0.29) is 18.2 Å². The summed E-state index contributed by atoms with van der Waals surface area (Å²) in [6.45, 7) is 8.80. The first-order chi connectivity index (χ1) is 15.0. The van der Waals surface area contributed by atoms with Crippen molar-refractivity contribution in [1.82, 2.24) is 14.7 Å². The number of para-hydroxylation sites is 2. The second-order valence-corrected chi connectivity index (χ2v) is 7.65. The molecule has 0 saturated carbocycles. The number of nitrogens with one attached hydrogen (secondary N) is 1. The van der Waals surface area contributed by atoms with E-state index >= 15 is 0 Å². The minimum atomic E-state index is -0.371. The minimum Gasteiger partial charge on any atom is -0.488 e. The van der Waals surface area contributed by atoms with Gasteiger partial charge in [0.05, 0.1) is 16.6 Å². The maximum Gasteiger partial charge on any atom is 0.280 e. The van der Waals surface area contributed by atoms with E-state index in [1.165, 1.54) is 0 Å². The second kappa shape index (κ2) is 8.63. The van der Waals surface area contributed by atoms with Gasteiger partial charge in [0.1, 0.15) is 18.1 Å². The van der Waals surface area contributed by atoms with Gasteiger partial charge in [-0.3, -0.25) is 10.1 Å². The zero-order valence-corrected chi connectivity index (χ0v) is 18.2. The Balaban J connectivity index is 1.58. The van der Waals surface area contributed by atoms with Gasteiger partial charge in [-0.1, -0.05) is 36.3 Å². The largest absolute Gasteiger partial charge is 0.488 e. The molecule has 0 atom stereocenters. The predicted molar refractivity (Wildman–Crippen MR) is 119 cm³/mol. The average molecular weight is 418 g/mol. The minimum absolute atomic E-state index is 0.188. The molecule has 4 aromatic rings. The molecule has 0 aliphatic rings. The van der Waals surface area contributed by atoms with Crippen molar-refractivity contribution < 1.29 is 14.1 Å². The molecule has 7 heteroatoms. The van der Waals surface area contributed by atoms with Gasteiger partial charge in [-0.2, -0.15) is 0 Å². The lowest BCUT2D eigenvalue weighted by atomic mass is 10.1. The lowest BCUT2D eigenvalue weighted by Crippen LogP contribution is -2.18. The number of amides is 1. The molecular formula is C24H26N4O3. The summed E-state index contributed by atoms with van der Waals surface area (Å²) in [6, 6.07) is 13.8. The van der Waals surface area contributed by atoms with Crippen LogP contribution in [0.15, 0.2) is 47.0 Å². The maximum absolute atomic E-state index is 13.1. The van der Waals surface area contributed by atoms with Gasteiger partial charge in [0.2, 0.25) is 5.95 Å². The van der Waals surface area contributed by atoms with E-state index in [4.69, 9.17) is 9.26 Å². The summed E-state index contributed by atoms with van der Waals surface area (Å²) in [5.41, 5.74) is 4.78. The maximum atomic E-state index is 13.1. The van der Waals surface area contributed by atoms with E-state index in [2.05, 4.69) is 22.4 Å². The van der Waals surface area contributed by atoms with Crippen LogP contribution in [0, 0.1) is 20.8 Å². The van der Waals surface area contributed by atoms with Crippen LogP contribution in [0.1, 0.15) is 46.3 Å². The number of rotatable bonds is 7. The lowest BCUT2D eigenvalue weighted by Gasteiger charge is -2.11. The van der Waals surface area contributed by atoms with Gasteiger partial charge in [0.15, 0.2) is 5.69 Å². The molecule has 0 spiro atoms. The highest BCUT2D eigenvalue weighted by Crippen LogP contribution is 2.24. The molecule has 2 aromatic heterocycles. The molecule has 0 bridgehead atoms. The van der Waals surface area contributed by atoms with E-state index < -0.39 is 0 Å². The first-order valence-corrected chi connectivity index (χ1v) is 10.4. The zero-order valence-electron chi connectivity index (χ0n) is 18.2. The number of ether oxygens (including phenoxy) is 1. The van der Waals surface area contributed by atoms with Crippen LogP contribution in [-0.4, -0.2) is 20.6 Å². The fourth-order valence-electron chi connectivity index (χ4n) is 3.53. The molecular weight excluding hydrogens is 392 g/mol. The number of hydrogen-bond acceptors (Lipinski definition) is 5. The van der Waals surface area contributed by atoms with Gasteiger partial charge >= 0.3 is 0 Å². The van der Waals surface area contributed by atoms with Crippen LogP contribution in [-0.2, 0) is 13.2 Å². The number of benzene rings is 2. The van der Waals surface area contributed by atoms with E-state index in [0.717, 1.165) is 40.9 Å². The van der Waals surface area contributed by atoms with Crippen molar-refractivity contribution in [2.75, 3.05) is 5.32 Å².